The van der Waals surface area contributed by atoms with Gasteiger partial charge in [0, 0.05) is 32.1 Å². The summed E-state index contributed by atoms with van der Waals surface area (Å²) in [4.78, 5) is 37.6. The second kappa shape index (κ2) is 16.0. The normalized spacial score (nSPS) is 19.1. The number of carbonyl (C=O) groups excluding carboxylic acids is 3. The van der Waals surface area contributed by atoms with Crippen molar-refractivity contribution in [3.05, 3.63) is 54.1 Å². The minimum Gasteiger partial charge on any atom is -0.494 e. The molecule has 4 rings (SSSR count). The summed E-state index contributed by atoms with van der Waals surface area (Å²) in [5.41, 5.74) is 1.28. The molecule has 2 aliphatic heterocycles. The topological polar surface area (TPSA) is 154 Å². The number of aliphatic hydroxyl groups excluding tert-OH is 1. The van der Waals surface area contributed by atoms with Gasteiger partial charge in [-0.3, -0.25) is 14.4 Å². The number of rotatable bonds is 10. The second-order valence-corrected chi connectivity index (χ2v) is 14.0. The van der Waals surface area contributed by atoms with Gasteiger partial charge in [0.2, 0.25) is 27.7 Å². The third-order valence-electron chi connectivity index (χ3n) is 7.41. The smallest absolute Gasteiger partial charge is 0.243 e. The number of nitrogens with zero attached hydrogens (tertiary/aromatic N) is 1. The number of ether oxygens (including phenoxy) is 1. The van der Waals surface area contributed by atoms with E-state index in [-0.39, 0.29) is 54.5 Å². The third kappa shape index (κ3) is 10.3. The fraction of sp³-hybridized carbons (Fsp3) is 0.531. The molecule has 0 aromatic heterocycles. The van der Waals surface area contributed by atoms with Crippen LogP contribution in [0, 0.1) is 11.8 Å². The van der Waals surface area contributed by atoms with Crippen LogP contribution in [0.25, 0.3) is 0 Å². The van der Waals surface area contributed by atoms with Crippen LogP contribution in [-0.4, -0.2) is 73.4 Å². The van der Waals surface area contributed by atoms with Crippen molar-refractivity contribution in [1.29, 1.82) is 0 Å². The number of aliphatic hydroxyl groups is 1. The lowest BCUT2D eigenvalue weighted by Crippen LogP contribution is -2.56. The number of hydrogen-bond donors (Lipinski definition) is 4. The van der Waals surface area contributed by atoms with E-state index >= 15 is 0 Å². The van der Waals surface area contributed by atoms with Crippen molar-refractivity contribution in [2.75, 3.05) is 25.0 Å². The van der Waals surface area contributed by atoms with E-state index in [0.29, 0.717) is 30.9 Å². The number of anilines is 1. The van der Waals surface area contributed by atoms with Gasteiger partial charge in [-0.15, -0.1) is 0 Å². The summed E-state index contributed by atoms with van der Waals surface area (Å²) in [6, 6.07) is 11.4. The molecule has 11 nitrogen and oxygen atoms in total. The summed E-state index contributed by atoms with van der Waals surface area (Å²) in [6.45, 7) is 9.21. The average molecular weight is 631 g/mol. The molecule has 0 spiro atoms. The number of hydrogen-bond acceptors (Lipinski definition) is 7. The van der Waals surface area contributed by atoms with Gasteiger partial charge in [0.1, 0.15) is 11.8 Å². The van der Waals surface area contributed by atoms with Crippen LogP contribution in [0.15, 0.2) is 53.4 Å². The first kappa shape index (κ1) is 35.0. The van der Waals surface area contributed by atoms with E-state index in [1.165, 1.54) is 35.5 Å². The molecule has 3 amide bonds. The summed E-state index contributed by atoms with van der Waals surface area (Å²) in [5.74, 6) is -0.401. The molecule has 2 heterocycles. The van der Waals surface area contributed by atoms with Crippen LogP contribution in [0.3, 0.4) is 0 Å². The Morgan fingerprint density at radius 3 is 2.30 bits per heavy atom. The van der Waals surface area contributed by atoms with Crippen molar-refractivity contribution in [2.45, 2.75) is 83.4 Å². The van der Waals surface area contributed by atoms with Crippen molar-refractivity contribution in [1.82, 2.24) is 14.9 Å². The van der Waals surface area contributed by atoms with Crippen molar-refractivity contribution in [2.24, 2.45) is 11.8 Å². The highest BCUT2D eigenvalue weighted by molar-refractivity contribution is 7.89. The zero-order valence-electron chi connectivity index (χ0n) is 26.2. The molecule has 0 radical (unpaired) electrons. The summed E-state index contributed by atoms with van der Waals surface area (Å²) < 4.78 is 34.6. The first-order valence-corrected chi connectivity index (χ1v) is 16.6. The van der Waals surface area contributed by atoms with Crippen LogP contribution in [0.1, 0.15) is 59.4 Å². The Morgan fingerprint density at radius 1 is 1.05 bits per heavy atom. The molecule has 3 atom stereocenters. The molecular weight excluding hydrogens is 584 g/mol. The number of carbonyl (C=O) groups is 3. The number of sulfonamides is 1. The molecule has 4 N–H and O–H groups in total. The van der Waals surface area contributed by atoms with Crippen LogP contribution in [0.2, 0.25) is 0 Å². The van der Waals surface area contributed by atoms with E-state index in [1.807, 2.05) is 39.8 Å². The first-order valence-electron chi connectivity index (χ1n) is 15.1. The average Bonchev–Trinajstić information content (AvgIpc) is 2.96. The quantitative estimate of drug-likeness (QED) is 0.315. The lowest BCUT2D eigenvalue weighted by Gasteiger charge is -2.32. The van der Waals surface area contributed by atoms with Crippen LogP contribution < -0.4 is 20.7 Å². The number of amides is 3. The number of nitrogens with one attached hydrogen (secondary N) is 3. The zero-order valence-corrected chi connectivity index (χ0v) is 27.0. The molecule has 12 heteroatoms. The van der Waals surface area contributed by atoms with Crippen molar-refractivity contribution in [3.63, 3.8) is 0 Å². The molecule has 0 aliphatic carbocycles. The molecule has 0 fully saturated rings. The predicted molar refractivity (Wildman–Crippen MR) is 169 cm³/mol. The highest BCUT2D eigenvalue weighted by Crippen LogP contribution is 2.22. The van der Waals surface area contributed by atoms with Gasteiger partial charge in [-0.25, -0.2) is 8.42 Å². The molecule has 2 bridgehead atoms. The molecule has 3 unspecified atom stereocenters. The third-order valence-corrected chi connectivity index (χ3v) is 9.29. The van der Waals surface area contributed by atoms with E-state index in [0.717, 1.165) is 5.56 Å². The number of fused-ring (bicyclic) bond motifs is 12. The van der Waals surface area contributed by atoms with Gasteiger partial charge in [-0.1, -0.05) is 39.8 Å². The molecular formula is C32H46N4O7S. The lowest BCUT2D eigenvalue weighted by molar-refractivity contribution is -0.131. The fourth-order valence-electron chi connectivity index (χ4n) is 4.85. The van der Waals surface area contributed by atoms with Gasteiger partial charge >= 0.3 is 0 Å². The van der Waals surface area contributed by atoms with Crippen molar-refractivity contribution < 1.29 is 32.6 Å². The Balaban J connectivity index is 1.93. The van der Waals surface area contributed by atoms with Gasteiger partial charge < -0.3 is 25.8 Å². The van der Waals surface area contributed by atoms with Crippen LogP contribution >= 0.6 is 0 Å². The maximum atomic E-state index is 13.8. The molecule has 242 valence electrons. The van der Waals surface area contributed by atoms with Crippen LogP contribution in [0.5, 0.6) is 5.75 Å². The molecule has 2 aromatic rings. The Labute approximate surface area is 260 Å². The predicted octanol–water partition coefficient (Wildman–Crippen LogP) is 3.08. The monoisotopic (exact) mass is 630 g/mol. The minimum atomic E-state index is -4.05. The van der Waals surface area contributed by atoms with E-state index in [2.05, 4.69) is 16.0 Å². The highest BCUT2D eigenvalue weighted by atomic mass is 32.2. The molecule has 0 saturated heterocycles. The molecule has 2 aromatic carbocycles. The zero-order chi connectivity index (χ0) is 32.4. The van der Waals surface area contributed by atoms with Gasteiger partial charge in [0.25, 0.3) is 0 Å². The van der Waals surface area contributed by atoms with Crippen molar-refractivity contribution in [3.8, 4) is 5.75 Å². The second-order valence-electron chi connectivity index (χ2n) is 12.0. The molecule has 0 saturated carbocycles. The van der Waals surface area contributed by atoms with Gasteiger partial charge in [-0.2, -0.15) is 4.31 Å². The Bertz CT molecular complexity index is 1360. The van der Waals surface area contributed by atoms with Gasteiger partial charge in [-0.05, 0) is 73.1 Å². The fourth-order valence-corrected chi connectivity index (χ4v) is 6.32. The maximum Gasteiger partial charge on any atom is 0.243 e. The van der Waals surface area contributed by atoms with E-state index in [4.69, 9.17) is 4.74 Å². The van der Waals surface area contributed by atoms with E-state index < -0.39 is 34.1 Å². The Kier molecular flexibility index (Phi) is 12.7. The standard InChI is InChI=1S/C32H46N4O7S/c1-21(2)16-17-36(44(41,42)27-14-10-25(11-15-27)33-23(5)37)20-29(38)28-19-24-8-12-26(13-9-24)43-18-6-7-30(39)35-31(22(3)4)32(40)34-28/h8-15,21-22,28-29,31,38H,6-7,16-20H2,1-5H3,(H,33,37)(H,34,40)(H,35,39). The summed E-state index contributed by atoms with van der Waals surface area (Å²) in [7, 11) is -4.05. The Morgan fingerprint density at radius 2 is 1.70 bits per heavy atom. The SMILES string of the molecule is CC(=O)Nc1ccc(S(=O)(=O)N(CCC(C)C)CC(O)C2Cc3ccc(cc3)OCCCC(=O)NC(C(C)C)C(=O)N2)cc1. The van der Waals surface area contributed by atoms with Gasteiger partial charge in [0.05, 0.1) is 23.6 Å². The van der Waals surface area contributed by atoms with Crippen LogP contribution in [-0.2, 0) is 30.8 Å². The highest BCUT2D eigenvalue weighted by Gasteiger charge is 2.33. The lowest BCUT2D eigenvalue weighted by atomic mass is 9.98. The summed E-state index contributed by atoms with van der Waals surface area (Å²) in [6.07, 6.45) is 0.160. The van der Waals surface area contributed by atoms with Gasteiger partial charge in [0.15, 0.2) is 0 Å². The molecule has 44 heavy (non-hydrogen) atoms. The van der Waals surface area contributed by atoms with Crippen molar-refractivity contribution >= 4 is 33.4 Å². The number of benzene rings is 2. The maximum absolute atomic E-state index is 13.8. The first-order chi connectivity index (χ1) is 20.8. The van der Waals surface area contributed by atoms with Crippen LogP contribution in [0.4, 0.5) is 5.69 Å². The largest absolute Gasteiger partial charge is 0.494 e. The van der Waals surface area contributed by atoms with E-state index in [1.54, 1.807) is 12.1 Å². The molecule has 2 aliphatic rings. The minimum absolute atomic E-state index is 0.0202. The summed E-state index contributed by atoms with van der Waals surface area (Å²) >= 11 is 0. The Hall–Kier alpha value is -3.48. The summed E-state index contributed by atoms with van der Waals surface area (Å²) in [5, 5.41) is 19.9. The van der Waals surface area contributed by atoms with E-state index in [9.17, 15) is 27.9 Å².